The molecule has 1 saturated carbocycles. The Labute approximate surface area is 124 Å². The quantitative estimate of drug-likeness (QED) is 0.473. The van der Waals surface area contributed by atoms with Crippen LogP contribution in [0.2, 0.25) is 0 Å². The standard InChI is InChI=1S/C17H20O4/c1-20-16-11-13(8-9-14(16)17(19)21-2)15(18)10-7-12-5-3-4-6-12/h7-12H,3-6H2,1-2H3. The van der Waals surface area contributed by atoms with E-state index < -0.39 is 5.97 Å². The Morgan fingerprint density at radius 3 is 2.52 bits per heavy atom. The summed E-state index contributed by atoms with van der Waals surface area (Å²) in [5.74, 6) is 0.316. The maximum absolute atomic E-state index is 12.2. The normalized spacial score (nSPS) is 15.3. The largest absolute Gasteiger partial charge is 0.496 e. The van der Waals surface area contributed by atoms with Gasteiger partial charge in [0.25, 0.3) is 0 Å². The second kappa shape index (κ2) is 7.07. The molecule has 0 unspecified atom stereocenters. The molecule has 4 nitrogen and oxygen atoms in total. The highest BCUT2D eigenvalue weighted by atomic mass is 16.5. The van der Waals surface area contributed by atoms with Crippen molar-refractivity contribution in [1.29, 1.82) is 0 Å². The fraction of sp³-hybridized carbons (Fsp3) is 0.412. The molecular formula is C17H20O4. The van der Waals surface area contributed by atoms with Crippen LogP contribution in [0.1, 0.15) is 46.4 Å². The monoisotopic (exact) mass is 288 g/mol. The van der Waals surface area contributed by atoms with Gasteiger partial charge in [0, 0.05) is 5.56 Å². The highest BCUT2D eigenvalue weighted by Crippen LogP contribution is 2.26. The van der Waals surface area contributed by atoms with E-state index in [0.717, 1.165) is 12.8 Å². The van der Waals surface area contributed by atoms with Gasteiger partial charge in [0.15, 0.2) is 5.78 Å². The minimum absolute atomic E-state index is 0.0726. The van der Waals surface area contributed by atoms with Gasteiger partial charge < -0.3 is 9.47 Å². The predicted molar refractivity (Wildman–Crippen MR) is 79.8 cm³/mol. The molecule has 4 heteroatoms. The number of ketones is 1. The van der Waals surface area contributed by atoms with E-state index in [1.165, 1.54) is 27.1 Å². The van der Waals surface area contributed by atoms with E-state index in [1.807, 2.05) is 6.08 Å². The molecule has 112 valence electrons. The lowest BCUT2D eigenvalue weighted by atomic mass is 10.0. The molecule has 1 aromatic rings. The van der Waals surface area contributed by atoms with E-state index in [2.05, 4.69) is 4.74 Å². The molecule has 0 N–H and O–H groups in total. The molecule has 0 aliphatic heterocycles. The summed E-state index contributed by atoms with van der Waals surface area (Å²) in [5.41, 5.74) is 0.824. The molecule has 2 rings (SSSR count). The van der Waals surface area contributed by atoms with Gasteiger partial charge in [0.1, 0.15) is 11.3 Å². The van der Waals surface area contributed by atoms with Crippen LogP contribution in [0.4, 0.5) is 0 Å². The van der Waals surface area contributed by atoms with Crippen LogP contribution in [0.15, 0.2) is 30.4 Å². The minimum atomic E-state index is -0.479. The first-order valence-corrected chi connectivity index (χ1v) is 7.14. The maximum atomic E-state index is 12.2. The van der Waals surface area contributed by atoms with Crippen molar-refractivity contribution in [2.75, 3.05) is 14.2 Å². The molecule has 0 saturated heterocycles. The Morgan fingerprint density at radius 1 is 1.19 bits per heavy atom. The average Bonchev–Trinajstić information content (AvgIpc) is 3.04. The number of hydrogen-bond acceptors (Lipinski definition) is 4. The molecule has 1 aromatic carbocycles. The number of allylic oxidation sites excluding steroid dienone is 2. The van der Waals surface area contributed by atoms with E-state index in [0.29, 0.717) is 22.8 Å². The summed E-state index contributed by atoms with van der Waals surface area (Å²) in [4.78, 5) is 23.7. The van der Waals surface area contributed by atoms with Gasteiger partial charge in [-0.1, -0.05) is 18.9 Å². The van der Waals surface area contributed by atoms with Crippen LogP contribution in [0.25, 0.3) is 0 Å². The van der Waals surface area contributed by atoms with Gasteiger partial charge in [-0.25, -0.2) is 4.79 Å². The average molecular weight is 288 g/mol. The van der Waals surface area contributed by atoms with Crippen molar-refractivity contribution in [3.63, 3.8) is 0 Å². The van der Waals surface area contributed by atoms with Gasteiger partial charge in [0.2, 0.25) is 0 Å². The van der Waals surface area contributed by atoms with Crippen molar-refractivity contribution >= 4 is 11.8 Å². The Kier molecular flexibility index (Phi) is 5.14. The molecule has 0 spiro atoms. The van der Waals surface area contributed by atoms with Crippen molar-refractivity contribution in [3.8, 4) is 5.75 Å². The molecule has 0 atom stereocenters. The SMILES string of the molecule is COC(=O)c1ccc(C(=O)C=CC2CCCC2)cc1OC. The number of rotatable bonds is 5. The summed E-state index contributed by atoms with van der Waals surface area (Å²) in [6.07, 6.45) is 8.43. The number of carbonyl (C=O) groups excluding carboxylic acids is 2. The molecule has 0 heterocycles. The number of methoxy groups -OCH3 is 2. The number of ether oxygens (including phenoxy) is 2. The number of hydrogen-bond donors (Lipinski definition) is 0. The lowest BCUT2D eigenvalue weighted by Gasteiger charge is -2.08. The van der Waals surface area contributed by atoms with Crippen LogP contribution in [-0.4, -0.2) is 26.0 Å². The summed E-state index contributed by atoms with van der Waals surface area (Å²) in [6.45, 7) is 0. The maximum Gasteiger partial charge on any atom is 0.341 e. The zero-order valence-electron chi connectivity index (χ0n) is 12.4. The van der Waals surface area contributed by atoms with Gasteiger partial charge in [-0.15, -0.1) is 0 Å². The third-order valence-electron chi connectivity index (χ3n) is 3.81. The zero-order valence-corrected chi connectivity index (χ0v) is 12.4. The van der Waals surface area contributed by atoms with Gasteiger partial charge in [-0.05, 0) is 43.0 Å². The first kappa shape index (κ1) is 15.3. The summed E-state index contributed by atoms with van der Waals surface area (Å²) < 4.78 is 9.84. The van der Waals surface area contributed by atoms with Crippen LogP contribution in [0.3, 0.4) is 0 Å². The fourth-order valence-corrected chi connectivity index (χ4v) is 2.59. The van der Waals surface area contributed by atoms with Crippen molar-refractivity contribution in [2.24, 2.45) is 5.92 Å². The first-order valence-electron chi connectivity index (χ1n) is 7.14. The van der Waals surface area contributed by atoms with Crippen LogP contribution >= 0.6 is 0 Å². The minimum Gasteiger partial charge on any atom is -0.496 e. The molecule has 0 radical (unpaired) electrons. The summed E-state index contributed by atoms with van der Waals surface area (Å²) in [6, 6.07) is 4.75. The lowest BCUT2D eigenvalue weighted by Crippen LogP contribution is -2.06. The highest BCUT2D eigenvalue weighted by Gasteiger charge is 2.16. The third-order valence-corrected chi connectivity index (χ3v) is 3.81. The summed E-state index contributed by atoms with van der Waals surface area (Å²) in [5, 5.41) is 0. The second-order valence-electron chi connectivity index (χ2n) is 5.17. The van der Waals surface area contributed by atoms with Crippen LogP contribution < -0.4 is 4.74 Å². The van der Waals surface area contributed by atoms with E-state index >= 15 is 0 Å². The van der Waals surface area contributed by atoms with E-state index in [1.54, 1.807) is 24.3 Å². The Hall–Kier alpha value is -2.10. The molecule has 1 aliphatic carbocycles. The van der Waals surface area contributed by atoms with Crippen molar-refractivity contribution < 1.29 is 19.1 Å². The first-order chi connectivity index (χ1) is 10.2. The van der Waals surface area contributed by atoms with Crippen molar-refractivity contribution in [2.45, 2.75) is 25.7 Å². The van der Waals surface area contributed by atoms with Gasteiger partial charge >= 0.3 is 5.97 Å². The smallest absolute Gasteiger partial charge is 0.341 e. The number of esters is 1. The van der Waals surface area contributed by atoms with Gasteiger partial charge in [0.05, 0.1) is 14.2 Å². The molecule has 1 fully saturated rings. The van der Waals surface area contributed by atoms with Crippen molar-refractivity contribution in [3.05, 3.63) is 41.5 Å². The Balaban J connectivity index is 2.15. The van der Waals surface area contributed by atoms with Crippen LogP contribution in [-0.2, 0) is 4.74 Å². The Bertz CT molecular complexity index is 554. The molecule has 0 amide bonds. The fourth-order valence-electron chi connectivity index (χ4n) is 2.59. The van der Waals surface area contributed by atoms with Crippen molar-refractivity contribution in [1.82, 2.24) is 0 Å². The Morgan fingerprint density at radius 2 is 1.90 bits per heavy atom. The number of carbonyl (C=O) groups is 2. The van der Waals surface area contributed by atoms with Gasteiger partial charge in [-0.3, -0.25) is 4.79 Å². The predicted octanol–water partition coefficient (Wildman–Crippen LogP) is 3.41. The lowest BCUT2D eigenvalue weighted by molar-refractivity contribution is 0.0596. The van der Waals surface area contributed by atoms with E-state index in [-0.39, 0.29) is 5.78 Å². The second-order valence-corrected chi connectivity index (χ2v) is 5.17. The molecule has 0 aromatic heterocycles. The third kappa shape index (κ3) is 3.72. The zero-order chi connectivity index (χ0) is 15.2. The topological polar surface area (TPSA) is 52.6 Å². The molecule has 0 bridgehead atoms. The van der Waals surface area contributed by atoms with E-state index in [9.17, 15) is 9.59 Å². The highest BCUT2D eigenvalue weighted by molar-refractivity contribution is 6.05. The summed E-state index contributed by atoms with van der Waals surface area (Å²) in [7, 11) is 2.77. The summed E-state index contributed by atoms with van der Waals surface area (Å²) >= 11 is 0. The van der Waals surface area contributed by atoms with E-state index in [4.69, 9.17) is 4.74 Å². The van der Waals surface area contributed by atoms with Crippen LogP contribution in [0, 0.1) is 5.92 Å². The molecule has 1 aliphatic rings. The molecule has 21 heavy (non-hydrogen) atoms. The van der Waals surface area contributed by atoms with Crippen LogP contribution in [0.5, 0.6) is 5.75 Å². The number of benzene rings is 1. The molecular weight excluding hydrogens is 268 g/mol. The van der Waals surface area contributed by atoms with Gasteiger partial charge in [-0.2, -0.15) is 0 Å².